The molecule has 16 heavy (non-hydrogen) atoms. The molecule has 2 aliphatic rings. The van der Waals surface area contributed by atoms with Gasteiger partial charge >= 0.3 is 5.97 Å². The number of thioether (sulfide) groups is 1. The van der Waals surface area contributed by atoms with Gasteiger partial charge in [-0.25, -0.2) is 4.79 Å². The number of carbonyl (C=O) groups is 1. The van der Waals surface area contributed by atoms with Gasteiger partial charge in [-0.2, -0.15) is 5.26 Å². The van der Waals surface area contributed by atoms with E-state index in [-0.39, 0.29) is 17.3 Å². The van der Waals surface area contributed by atoms with Crippen molar-refractivity contribution in [1.29, 1.82) is 5.26 Å². The zero-order chi connectivity index (χ0) is 11.7. The summed E-state index contributed by atoms with van der Waals surface area (Å²) >= 11 is 1.49. The van der Waals surface area contributed by atoms with Crippen molar-refractivity contribution in [3.8, 4) is 6.07 Å². The van der Waals surface area contributed by atoms with Crippen LogP contribution < -0.4 is 0 Å². The van der Waals surface area contributed by atoms with Crippen LogP contribution in [-0.4, -0.2) is 35.3 Å². The van der Waals surface area contributed by atoms with E-state index in [1.54, 1.807) is 0 Å². The summed E-state index contributed by atoms with van der Waals surface area (Å²) in [6.07, 6.45) is 0.652. The Labute approximate surface area is 99.2 Å². The predicted molar refractivity (Wildman–Crippen MR) is 61.4 cm³/mol. The third kappa shape index (κ3) is 2.03. The van der Waals surface area contributed by atoms with Crippen LogP contribution in [0, 0.1) is 11.3 Å². The maximum atomic E-state index is 11.8. The average molecular weight is 238 g/mol. The molecular weight excluding hydrogens is 224 g/mol. The largest absolute Gasteiger partial charge is 0.460 e. The van der Waals surface area contributed by atoms with Gasteiger partial charge in [0.05, 0.1) is 22.8 Å². The van der Waals surface area contributed by atoms with Gasteiger partial charge in [0.1, 0.15) is 5.25 Å². The number of hydrogen-bond donors (Lipinski definition) is 0. The Kier molecular flexibility index (Phi) is 3.10. The van der Waals surface area contributed by atoms with E-state index < -0.39 is 0 Å². The molecule has 0 spiro atoms. The molecule has 0 aliphatic carbocycles. The van der Waals surface area contributed by atoms with Crippen molar-refractivity contribution in [2.45, 2.75) is 31.6 Å². The summed E-state index contributed by atoms with van der Waals surface area (Å²) in [5.41, 5.74) is 0.747. The zero-order valence-corrected chi connectivity index (χ0v) is 10.2. The van der Waals surface area contributed by atoms with Crippen LogP contribution in [0.3, 0.4) is 0 Å². The molecule has 1 fully saturated rings. The fourth-order valence-electron chi connectivity index (χ4n) is 1.88. The lowest BCUT2D eigenvalue weighted by Crippen LogP contribution is -2.17. The van der Waals surface area contributed by atoms with Crippen LogP contribution in [0.25, 0.3) is 0 Å². The standard InChI is InChI=1S/C11H14N2O2S/c1-7(2)15-11(14)9-3-4-13-6-8(5-12)16-10(9)13/h7-8H,3-4,6H2,1-2H3. The Bertz CT molecular complexity index is 384. The Morgan fingerprint density at radius 3 is 3.06 bits per heavy atom. The number of hydrogen-bond acceptors (Lipinski definition) is 5. The summed E-state index contributed by atoms with van der Waals surface area (Å²) in [7, 11) is 0. The minimum atomic E-state index is -0.224. The van der Waals surface area contributed by atoms with Crippen molar-refractivity contribution < 1.29 is 9.53 Å². The molecule has 0 aromatic heterocycles. The van der Waals surface area contributed by atoms with Crippen LogP contribution in [0.2, 0.25) is 0 Å². The molecule has 4 nitrogen and oxygen atoms in total. The second-order valence-corrected chi connectivity index (χ2v) is 5.36. The molecule has 2 aliphatic heterocycles. The lowest BCUT2D eigenvalue weighted by atomic mass is 10.2. The van der Waals surface area contributed by atoms with E-state index >= 15 is 0 Å². The van der Waals surface area contributed by atoms with Gasteiger partial charge in [0, 0.05) is 13.1 Å². The van der Waals surface area contributed by atoms with Crippen LogP contribution in [0.5, 0.6) is 0 Å². The number of ether oxygens (including phenoxy) is 1. The quantitative estimate of drug-likeness (QED) is 0.682. The number of nitrogens with zero attached hydrogens (tertiary/aromatic N) is 2. The van der Waals surface area contributed by atoms with E-state index in [9.17, 15) is 4.79 Å². The van der Waals surface area contributed by atoms with Gasteiger partial charge in [-0.1, -0.05) is 11.8 Å². The highest BCUT2D eigenvalue weighted by molar-refractivity contribution is 8.04. The van der Waals surface area contributed by atoms with Crippen LogP contribution >= 0.6 is 11.8 Å². The van der Waals surface area contributed by atoms with E-state index in [0.717, 1.165) is 30.1 Å². The predicted octanol–water partition coefficient (Wildman–Crippen LogP) is 1.49. The summed E-state index contributed by atoms with van der Waals surface area (Å²) in [5, 5.41) is 9.77. The van der Waals surface area contributed by atoms with Crippen LogP contribution in [0.1, 0.15) is 20.3 Å². The van der Waals surface area contributed by atoms with Gasteiger partial charge in [0.25, 0.3) is 0 Å². The number of nitriles is 1. The lowest BCUT2D eigenvalue weighted by molar-refractivity contribution is -0.142. The van der Waals surface area contributed by atoms with Crippen LogP contribution in [-0.2, 0) is 9.53 Å². The Morgan fingerprint density at radius 1 is 1.69 bits per heavy atom. The number of fused-ring (bicyclic) bond motifs is 1. The summed E-state index contributed by atoms with van der Waals surface area (Å²) < 4.78 is 5.19. The topological polar surface area (TPSA) is 53.3 Å². The van der Waals surface area contributed by atoms with E-state index in [1.807, 2.05) is 13.8 Å². The summed E-state index contributed by atoms with van der Waals surface area (Å²) in [6, 6.07) is 2.23. The van der Waals surface area contributed by atoms with Gasteiger partial charge in [-0.05, 0) is 20.3 Å². The molecule has 0 aromatic carbocycles. The highest BCUT2D eigenvalue weighted by Crippen LogP contribution is 2.41. The van der Waals surface area contributed by atoms with Gasteiger partial charge in [0.15, 0.2) is 0 Å². The first-order chi connectivity index (χ1) is 7.61. The molecule has 0 N–H and O–H groups in total. The third-order valence-electron chi connectivity index (χ3n) is 2.55. The average Bonchev–Trinajstić information content (AvgIpc) is 2.73. The maximum absolute atomic E-state index is 11.8. The van der Waals surface area contributed by atoms with Crippen LogP contribution in [0.15, 0.2) is 10.6 Å². The minimum absolute atomic E-state index is 0.0443. The molecule has 0 radical (unpaired) electrons. The fourth-order valence-corrected chi connectivity index (χ4v) is 3.10. The van der Waals surface area contributed by atoms with Gasteiger partial charge in [-0.3, -0.25) is 0 Å². The van der Waals surface area contributed by atoms with Gasteiger partial charge in [0.2, 0.25) is 0 Å². The molecule has 0 saturated carbocycles. The SMILES string of the molecule is CC(C)OC(=O)C1=C2SC(C#N)CN2CC1. The molecular formula is C11H14N2O2S. The van der Waals surface area contributed by atoms with E-state index in [0.29, 0.717) is 0 Å². The Balaban J connectivity index is 2.14. The van der Waals surface area contributed by atoms with Crippen molar-refractivity contribution in [1.82, 2.24) is 4.90 Å². The van der Waals surface area contributed by atoms with Crippen molar-refractivity contribution in [3.63, 3.8) is 0 Å². The maximum Gasteiger partial charge on any atom is 0.336 e. The second-order valence-electron chi connectivity index (χ2n) is 4.17. The summed E-state index contributed by atoms with van der Waals surface area (Å²) in [6.45, 7) is 5.25. The highest BCUT2D eigenvalue weighted by atomic mass is 32.2. The van der Waals surface area contributed by atoms with Crippen molar-refractivity contribution in [3.05, 3.63) is 10.6 Å². The molecule has 1 atom stereocenters. The van der Waals surface area contributed by atoms with E-state index in [1.165, 1.54) is 11.8 Å². The molecule has 86 valence electrons. The van der Waals surface area contributed by atoms with Gasteiger partial charge in [-0.15, -0.1) is 0 Å². The number of carbonyl (C=O) groups excluding carboxylic acids is 1. The summed E-state index contributed by atoms with van der Waals surface area (Å²) in [4.78, 5) is 13.9. The zero-order valence-electron chi connectivity index (χ0n) is 9.40. The van der Waals surface area contributed by atoms with Crippen molar-refractivity contribution >= 4 is 17.7 Å². The molecule has 0 amide bonds. The molecule has 2 heterocycles. The third-order valence-corrected chi connectivity index (χ3v) is 3.82. The summed E-state index contributed by atoms with van der Waals surface area (Å²) in [5.74, 6) is -0.224. The fraction of sp³-hybridized carbons (Fsp3) is 0.636. The van der Waals surface area contributed by atoms with E-state index in [4.69, 9.17) is 10.00 Å². The number of esters is 1. The monoisotopic (exact) mass is 238 g/mol. The molecule has 5 heteroatoms. The smallest absolute Gasteiger partial charge is 0.336 e. The van der Waals surface area contributed by atoms with Crippen molar-refractivity contribution in [2.75, 3.05) is 13.1 Å². The Morgan fingerprint density at radius 2 is 2.44 bits per heavy atom. The first-order valence-corrected chi connectivity index (χ1v) is 6.25. The first kappa shape index (κ1) is 11.3. The second kappa shape index (κ2) is 4.38. The van der Waals surface area contributed by atoms with Crippen molar-refractivity contribution in [2.24, 2.45) is 0 Å². The van der Waals surface area contributed by atoms with Crippen LogP contribution in [0.4, 0.5) is 0 Å². The van der Waals surface area contributed by atoms with Gasteiger partial charge < -0.3 is 9.64 Å². The minimum Gasteiger partial charge on any atom is -0.460 e. The number of rotatable bonds is 2. The lowest BCUT2D eigenvalue weighted by Gasteiger charge is -2.10. The molecule has 2 rings (SSSR count). The first-order valence-electron chi connectivity index (χ1n) is 5.37. The van der Waals surface area contributed by atoms with E-state index in [2.05, 4.69) is 11.0 Å². The molecule has 0 bridgehead atoms. The molecule has 0 aromatic rings. The highest BCUT2D eigenvalue weighted by Gasteiger charge is 2.36. The molecule has 1 unspecified atom stereocenters. The molecule has 1 saturated heterocycles. The Hall–Kier alpha value is -1.15. The normalized spacial score (nSPS) is 23.6.